The van der Waals surface area contributed by atoms with Gasteiger partial charge < -0.3 is 15.2 Å². The third-order valence-electron chi connectivity index (χ3n) is 3.53. The Kier molecular flexibility index (Phi) is 5.95. The van der Waals surface area contributed by atoms with Gasteiger partial charge in [-0.3, -0.25) is 5.41 Å². The number of nitrogens with two attached hydrogens (primary N) is 1. The second-order valence-corrected chi connectivity index (χ2v) is 5.68. The number of rotatable bonds is 5. The summed E-state index contributed by atoms with van der Waals surface area (Å²) in [5.41, 5.74) is 5.96. The molecule has 4 nitrogen and oxygen atoms in total. The molecule has 22 heavy (non-hydrogen) atoms. The Morgan fingerprint density at radius 2 is 2.27 bits per heavy atom. The molecule has 0 saturated heterocycles. The van der Waals surface area contributed by atoms with Crippen molar-refractivity contribution in [2.24, 2.45) is 11.7 Å². The molecule has 0 spiro atoms. The Hall–Kier alpha value is -1.88. The smallest absolute Gasteiger partial charge is 0.126 e. The number of nitrogens with one attached hydrogen (secondary N) is 1. The van der Waals surface area contributed by atoms with Gasteiger partial charge >= 0.3 is 0 Å². The van der Waals surface area contributed by atoms with Crippen molar-refractivity contribution < 1.29 is 13.9 Å². The summed E-state index contributed by atoms with van der Waals surface area (Å²) in [7, 11) is 0. The van der Waals surface area contributed by atoms with Crippen LogP contribution in [0.5, 0.6) is 5.75 Å². The SMILES string of the molecule is C=CCC(=N)N.Fc1ccc2c(c1)OCC(OCC1CC1)C2. The molecule has 5 heteroatoms. The van der Waals surface area contributed by atoms with E-state index in [0.29, 0.717) is 18.8 Å². The van der Waals surface area contributed by atoms with Gasteiger partial charge in [0, 0.05) is 25.5 Å². The van der Waals surface area contributed by atoms with Crippen LogP contribution in [-0.2, 0) is 11.2 Å². The standard InChI is InChI=1S/C13H15FO2.C4H8N2/c14-11-4-3-10-5-12(8-16-13(10)6-11)15-7-9-1-2-9;1-2-3-4(5)6/h3-4,6,9,12H,1-2,5,7-8H2;2H,1,3H2,(H3,5,6). The number of benzene rings is 1. The van der Waals surface area contributed by atoms with Crippen molar-refractivity contribution >= 4 is 5.84 Å². The molecule has 1 heterocycles. The zero-order valence-corrected chi connectivity index (χ0v) is 12.7. The molecule has 3 N–H and O–H groups in total. The highest BCUT2D eigenvalue weighted by molar-refractivity contribution is 5.78. The minimum absolute atomic E-state index is 0.138. The average molecular weight is 306 g/mol. The first kappa shape index (κ1) is 16.5. The predicted molar refractivity (Wildman–Crippen MR) is 84.8 cm³/mol. The van der Waals surface area contributed by atoms with Gasteiger partial charge in [-0.15, -0.1) is 6.58 Å². The van der Waals surface area contributed by atoms with Gasteiger partial charge in [-0.05, 0) is 30.4 Å². The molecule has 120 valence electrons. The van der Waals surface area contributed by atoms with E-state index in [1.165, 1.54) is 25.0 Å². The van der Waals surface area contributed by atoms with Gasteiger partial charge in [0.2, 0.25) is 0 Å². The van der Waals surface area contributed by atoms with Crippen LogP contribution >= 0.6 is 0 Å². The number of amidine groups is 1. The molecule has 0 amide bonds. The minimum Gasteiger partial charge on any atom is -0.490 e. The number of ether oxygens (including phenoxy) is 2. The van der Waals surface area contributed by atoms with Crippen molar-refractivity contribution in [3.8, 4) is 5.75 Å². The third kappa shape index (κ3) is 5.48. The fraction of sp³-hybridized carbons (Fsp3) is 0.471. The monoisotopic (exact) mass is 306 g/mol. The van der Waals surface area contributed by atoms with E-state index in [4.69, 9.17) is 20.6 Å². The van der Waals surface area contributed by atoms with Gasteiger partial charge in [0.25, 0.3) is 0 Å². The van der Waals surface area contributed by atoms with Gasteiger partial charge in [0.15, 0.2) is 0 Å². The summed E-state index contributed by atoms with van der Waals surface area (Å²) in [6.45, 7) is 4.78. The highest BCUT2D eigenvalue weighted by Crippen LogP contribution is 2.31. The fourth-order valence-corrected chi connectivity index (χ4v) is 2.14. The van der Waals surface area contributed by atoms with Crippen LogP contribution in [0.1, 0.15) is 24.8 Å². The highest BCUT2D eigenvalue weighted by Gasteiger charge is 2.26. The Morgan fingerprint density at radius 3 is 2.86 bits per heavy atom. The lowest BCUT2D eigenvalue weighted by molar-refractivity contribution is 0.00592. The zero-order valence-electron chi connectivity index (χ0n) is 12.7. The van der Waals surface area contributed by atoms with Crippen molar-refractivity contribution in [3.63, 3.8) is 0 Å². The number of hydrogen-bond acceptors (Lipinski definition) is 3. The molecule has 1 aliphatic carbocycles. The first-order valence-electron chi connectivity index (χ1n) is 7.55. The maximum atomic E-state index is 12.9. The Bertz CT molecular complexity index is 529. The topological polar surface area (TPSA) is 68.3 Å². The van der Waals surface area contributed by atoms with Crippen LogP contribution in [0.3, 0.4) is 0 Å². The summed E-state index contributed by atoms with van der Waals surface area (Å²) in [4.78, 5) is 0. The molecule has 3 rings (SSSR count). The van der Waals surface area contributed by atoms with Crippen molar-refractivity contribution in [1.82, 2.24) is 0 Å². The van der Waals surface area contributed by atoms with Crippen molar-refractivity contribution in [2.75, 3.05) is 13.2 Å². The lowest BCUT2D eigenvalue weighted by Gasteiger charge is -2.25. The number of hydrogen-bond donors (Lipinski definition) is 2. The van der Waals surface area contributed by atoms with E-state index in [1.807, 2.05) is 0 Å². The minimum atomic E-state index is -0.240. The van der Waals surface area contributed by atoms with Crippen LogP contribution < -0.4 is 10.5 Å². The molecule has 2 aliphatic rings. The van der Waals surface area contributed by atoms with Crippen LogP contribution in [0.25, 0.3) is 0 Å². The lowest BCUT2D eigenvalue weighted by atomic mass is 10.0. The van der Waals surface area contributed by atoms with Crippen LogP contribution in [0, 0.1) is 17.1 Å². The van der Waals surface area contributed by atoms with Crippen LogP contribution in [0.2, 0.25) is 0 Å². The van der Waals surface area contributed by atoms with Gasteiger partial charge in [-0.1, -0.05) is 12.1 Å². The second kappa shape index (κ2) is 7.94. The molecular formula is C17H23FN2O2. The Labute approximate surface area is 130 Å². The Balaban J connectivity index is 0.000000254. The molecule has 0 bridgehead atoms. The molecule has 1 atom stereocenters. The third-order valence-corrected chi connectivity index (χ3v) is 3.53. The summed E-state index contributed by atoms with van der Waals surface area (Å²) < 4.78 is 24.2. The van der Waals surface area contributed by atoms with Crippen LogP contribution in [0.4, 0.5) is 4.39 Å². The van der Waals surface area contributed by atoms with E-state index in [1.54, 1.807) is 12.1 Å². The van der Waals surface area contributed by atoms with Crippen molar-refractivity contribution in [3.05, 3.63) is 42.2 Å². The second-order valence-electron chi connectivity index (χ2n) is 5.68. The van der Waals surface area contributed by atoms with Crippen molar-refractivity contribution in [2.45, 2.75) is 31.8 Å². The summed E-state index contributed by atoms with van der Waals surface area (Å²) >= 11 is 0. The largest absolute Gasteiger partial charge is 0.490 e. The lowest BCUT2D eigenvalue weighted by Crippen LogP contribution is -2.29. The molecule has 1 aliphatic heterocycles. The van der Waals surface area contributed by atoms with Gasteiger partial charge in [-0.25, -0.2) is 4.39 Å². The first-order chi connectivity index (χ1) is 10.6. The summed E-state index contributed by atoms with van der Waals surface area (Å²) in [5, 5.41) is 6.60. The summed E-state index contributed by atoms with van der Waals surface area (Å²) in [6, 6.07) is 4.72. The van der Waals surface area contributed by atoms with Gasteiger partial charge in [0.05, 0.1) is 11.9 Å². The molecule has 1 saturated carbocycles. The fourth-order valence-electron chi connectivity index (χ4n) is 2.14. The maximum Gasteiger partial charge on any atom is 0.126 e. The Morgan fingerprint density at radius 1 is 1.50 bits per heavy atom. The molecule has 0 aromatic heterocycles. The van der Waals surface area contributed by atoms with E-state index in [9.17, 15) is 4.39 Å². The normalized spacial score (nSPS) is 19.2. The molecule has 0 radical (unpaired) electrons. The summed E-state index contributed by atoms with van der Waals surface area (Å²) in [5.74, 6) is 1.38. The number of fused-ring (bicyclic) bond motifs is 1. The first-order valence-corrected chi connectivity index (χ1v) is 7.55. The van der Waals surface area contributed by atoms with E-state index < -0.39 is 0 Å². The molecular weight excluding hydrogens is 283 g/mol. The highest BCUT2D eigenvalue weighted by atomic mass is 19.1. The molecule has 1 aromatic carbocycles. The summed E-state index contributed by atoms with van der Waals surface area (Å²) in [6.07, 6.45) is 5.67. The molecule has 1 aromatic rings. The van der Waals surface area contributed by atoms with Crippen LogP contribution in [0.15, 0.2) is 30.9 Å². The predicted octanol–water partition coefficient (Wildman–Crippen LogP) is 3.05. The van der Waals surface area contributed by atoms with E-state index in [2.05, 4.69) is 6.58 Å². The van der Waals surface area contributed by atoms with E-state index in [0.717, 1.165) is 24.5 Å². The zero-order chi connectivity index (χ0) is 15.9. The van der Waals surface area contributed by atoms with Crippen molar-refractivity contribution in [1.29, 1.82) is 5.41 Å². The van der Waals surface area contributed by atoms with Gasteiger partial charge in [-0.2, -0.15) is 0 Å². The maximum absolute atomic E-state index is 12.9. The average Bonchev–Trinajstić information content (AvgIpc) is 3.30. The van der Waals surface area contributed by atoms with E-state index >= 15 is 0 Å². The molecule has 1 fully saturated rings. The van der Waals surface area contributed by atoms with Gasteiger partial charge in [0.1, 0.15) is 18.2 Å². The van der Waals surface area contributed by atoms with Crippen LogP contribution in [-0.4, -0.2) is 25.2 Å². The molecule has 1 unspecified atom stereocenters. The van der Waals surface area contributed by atoms with E-state index in [-0.39, 0.29) is 17.8 Å². The number of halogens is 1. The quantitative estimate of drug-likeness (QED) is 0.499.